The van der Waals surface area contributed by atoms with Crippen molar-refractivity contribution in [1.82, 2.24) is 0 Å². The molecule has 11 heavy (non-hydrogen) atoms. The minimum Gasteiger partial charge on any atom is -0.103 e. The smallest absolute Gasteiger partial charge is 0.0233 e. The molecular formula is C11H16. The zero-order valence-electron chi connectivity index (χ0n) is 7.27. The number of rotatable bonds is 0. The Morgan fingerprint density at radius 2 is 2.18 bits per heavy atom. The third kappa shape index (κ3) is 1.29. The standard InChI is InChI=1S/C11H16/c1-2-3-4-10-7-9-5-6-11(10)8-9/h9-11H,2,5-8H2,1H3. The molecule has 0 aliphatic heterocycles. The molecule has 0 amide bonds. The molecule has 0 radical (unpaired) electrons. The third-order valence-electron chi connectivity index (χ3n) is 3.20. The summed E-state index contributed by atoms with van der Waals surface area (Å²) in [6.07, 6.45) is 6.90. The zero-order valence-corrected chi connectivity index (χ0v) is 7.27. The lowest BCUT2D eigenvalue weighted by atomic mass is 9.89. The second-order valence-electron chi connectivity index (χ2n) is 3.96. The van der Waals surface area contributed by atoms with Gasteiger partial charge in [-0.3, -0.25) is 0 Å². The van der Waals surface area contributed by atoms with Crippen molar-refractivity contribution in [2.75, 3.05) is 0 Å². The molecule has 0 saturated heterocycles. The highest BCUT2D eigenvalue weighted by atomic mass is 14.4. The van der Waals surface area contributed by atoms with Crippen LogP contribution in [0.1, 0.15) is 39.0 Å². The highest BCUT2D eigenvalue weighted by molar-refractivity contribution is 5.09. The first-order valence-corrected chi connectivity index (χ1v) is 4.88. The minimum atomic E-state index is 0.786. The molecule has 60 valence electrons. The van der Waals surface area contributed by atoms with Crippen molar-refractivity contribution in [2.24, 2.45) is 17.8 Å². The Bertz CT molecular complexity index is 194. The van der Waals surface area contributed by atoms with E-state index >= 15 is 0 Å². The first kappa shape index (κ1) is 7.22. The van der Waals surface area contributed by atoms with Gasteiger partial charge in [-0.15, -0.1) is 5.92 Å². The van der Waals surface area contributed by atoms with Crippen LogP contribution in [0.4, 0.5) is 0 Å². The van der Waals surface area contributed by atoms with Crippen LogP contribution in [0.15, 0.2) is 0 Å². The minimum absolute atomic E-state index is 0.786. The van der Waals surface area contributed by atoms with E-state index in [9.17, 15) is 0 Å². The van der Waals surface area contributed by atoms with Crippen LogP contribution in [0.3, 0.4) is 0 Å². The van der Waals surface area contributed by atoms with E-state index < -0.39 is 0 Å². The Labute approximate surface area is 69.4 Å². The Balaban J connectivity index is 1.97. The molecule has 2 saturated carbocycles. The monoisotopic (exact) mass is 148 g/mol. The van der Waals surface area contributed by atoms with Crippen LogP contribution in [0, 0.1) is 29.6 Å². The van der Waals surface area contributed by atoms with Gasteiger partial charge in [-0.05, 0) is 31.1 Å². The van der Waals surface area contributed by atoms with Gasteiger partial charge in [-0.2, -0.15) is 0 Å². The van der Waals surface area contributed by atoms with E-state index in [0.717, 1.165) is 24.2 Å². The van der Waals surface area contributed by atoms with Gasteiger partial charge >= 0.3 is 0 Å². The summed E-state index contributed by atoms with van der Waals surface area (Å²) in [5, 5.41) is 0. The van der Waals surface area contributed by atoms with Crippen LogP contribution in [-0.2, 0) is 0 Å². The van der Waals surface area contributed by atoms with Crippen molar-refractivity contribution in [2.45, 2.75) is 39.0 Å². The zero-order chi connectivity index (χ0) is 7.68. The van der Waals surface area contributed by atoms with E-state index in [1.165, 1.54) is 25.7 Å². The average molecular weight is 148 g/mol. The van der Waals surface area contributed by atoms with E-state index in [4.69, 9.17) is 0 Å². The second kappa shape index (κ2) is 2.89. The molecule has 0 heteroatoms. The topological polar surface area (TPSA) is 0 Å². The van der Waals surface area contributed by atoms with Crippen molar-refractivity contribution in [3.8, 4) is 11.8 Å². The lowest BCUT2D eigenvalue weighted by molar-refractivity contribution is 0.405. The quantitative estimate of drug-likeness (QED) is 0.463. The molecular weight excluding hydrogens is 132 g/mol. The fourth-order valence-electron chi connectivity index (χ4n) is 2.65. The van der Waals surface area contributed by atoms with E-state index in [-0.39, 0.29) is 0 Å². The maximum absolute atomic E-state index is 3.41. The average Bonchev–Trinajstić information content (AvgIpc) is 2.60. The Morgan fingerprint density at radius 3 is 2.73 bits per heavy atom. The normalized spacial score (nSPS) is 40.3. The molecule has 2 rings (SSSR count). The molecule has 0 N–H and O–H groups in total. The van der Waals surface area contributed by atoms with Crippen molar-refractivity contribution in [3.63, 3.8) is 0 Å². The Morgan fingerprint density at radius 1 is 1.27 bits per heavy atom. The van der Waals surface area contributed by atoms with Gasteiger partial charge in [0.2, 0.25) is 0 Å². The molecule has 2 fully saturated rings. The van der Waals surface area contributed by atoms with Gasteiger partial charge in [0, 0.05) is 12.3 Å². The molecule has 0 aromatic carbocycles. The van der Waals surface area contributed by atoms with Crippen molar-refractivity contribution in [3.05, 3.63) is 0 Å². The lowest BCUT2D eigenvalue weighted by Crippen LogP contribution is -2.07. The summed E-state index contributed by atoms with van der Waals surface area (Å²) in [6.45, 7) is 2.14. The summed E-state index contributed by atoms with van der Waals surface area (Å²) in [5.74, 6) is 9.46. The van der Waals surface area contributed by atoms with Crippen molar-refractivity contribution in [1.29, 1.82) is 0 Å². The predicted molar refractivity (Wildman–Crippen MR) is 47.0 cm³/mol. The highest BCUT2D eigenvalue weighted by Crippen LogP contribution is 2.47. The van der Waals surface area contributed by atoms with Crippen LogP contribution in [-0.4, -0.2) is 0 Å². The Hall–Kier alpha value is -0.440. The maximum atomic E-state index is 3.41. The molecule has 3 atom stereocenters. The molecule has 0 nitrogen and oxygen atoms in total. The van der Waals surface area contributed by atoms with Crippen LogP contribution >= 0.6 is 0 Å². The SMILES string of the molecule is CCC#CC1CC2CCC1C2. The van der Waals surface area contributed by atoms with Gasteiger partial charge in [-0.25, -0.2) is 0 Å². The Kier molecular flexibility index (Phi) is 1.90. The van der Waals surface area contributed by atoms with Crippen LogP contribution in [0.25, 0.3) is 0 Å². The van der Waals surface area contributed by atoms with Crippen LogP contribution in [0.5, 0.6) is 0 Å². The third-order valence-corrected chi connectivity index (χ3v) is 3.20. The lowest BCUT2D eigenvalue weighted by Gasteiger charge is -2.15. The first-order valence-electron chi connectivity index (χ1n) is 4.88. The molecule has 0 aromatic heterocycles. The maximum Gasteiger partial charge on any atom is 0.0233 e. The highest BCUT2D eigenvalue weighted by Gasteiger charge is 2.38. The van der Waals surface area contributed by atoms with Gasteiger partial charge in [0.1, 0.15) is 0 Å². The van der Waals surface area contributed by atoms with Crippen LogP contribution in [0.2, 0.25) is 0 Å². The first-order chi connectivity index (χ1) is 5.40. The number of hydrogen-bond donors (Lipinski definition) is 0. The number of fused-ring (bicyclic) bond motifs is 2. The summed E-state index contributed by atoms with van der Waals surface area (Å²) < 4.78 is 0. The summed E-state index contributed by atoms with van der Waals surface area (Å²) in [7, 11) is 0. The van der Waals surface area contributed by atoms with Crippen molar-refractivity contribution < 1.29 is 0 Å². The summed E-state index contributed by atoms with van der Waals surface area (Å²) in [6, 6.07) is 0. The number of hydrogen-bond acceptors (Lipinski definition) is 0. The van der Waals surface area contributed by atoms with E-state index in [2.05, 4.69) is 18.8 Å². The van der Waals surface area contributed by atoms with Gasteiger partial charge in [0.25, 0.3) is 0 Å². The summed E-state index contributed by atoms with van der Waals surface area (Å²) >= 11 is 0. The van der Waals surface area contributed by atoms with Crippen molar-refractivity contribution >= 4 is 0 Å². The summed E-state index contributed by atoms with van der Waals surface area (Å²) in [4.78, 5) is 0. The predicted octanol–water partition coefficient (Wildman–Crippen LogP) is 2.84. The van der Waals surface area contributed by atoms with E-state index in [1.807, 2.05) is 0 Å². The van der Waals surface area contributed by atoms with E-state index in [1.54, 1.807) is 0 Å². The van der Waals surface area contributed by atoms with Gasteiger partial charge in [0.15, 0.2) is 0 Å². The summed E-state index contributed by atoms with van der Waals surface area (Å²) in [5.41, 5.74) is 0. The van der Waals surface area contributed by atoms with Gasteiger partial charge in [0.05, 0.1) is 0 Å². The fraction of sp³-hybridized carbons (Fsp3) is 0.818. The molecule has 2 aliphatic carbocycles. The fourth-order valence-corrected chi connectivity index (χ4v) is 2.65. The second-order valence-corrected chi connectivity index (χ2v) is 3.96. The van der Waals surface area contributed by atoms with Gasteiger partial charge < -0.3 is 0 Å². The molecule has 0 aromatic rings. The molecule has 0 heterocycles. The molecule has 0 spiro atoms. The van der Waals surface area contributed by atoms with Gasteiger partial charge in [-0.1, -0.05) is 19.3 Å². The molecule has 2 aliphatic rings. The van der Waals surface area contributed by atoms with Crippen LogP contribution < -0.4 is 0 Å². The molecule has 2 bridgehead atoms. The molecule has 3 unspecified atom stereocenters. The largest absolute Gasteiger partial charge is 0.103 e. The van der Waals surface area contributed by atoms with E-state index in [0.29, 0.717) is 0 Å².